The molecule has 1 atom stereocenters. The van der Waals surface area contributed by atoms with Gasteiger partial charge in [0.25, 0.3) is 11.5 Å². The first-order chi connectivity index (χ1) is 10.7. The highest BCUT2D eigenvalue weighted by atomic mass is 16.6. The normalized spacial score (nSPS) is 16.1. The van der Waals surface area contributed by atoms with Crippen LogP contribution < -0.4 is 20.3 Å². The topological polar surface area (TPSA) is 93.3 Å². The maximum atomic E-state index is 11.8. The van der Waals surface area contributed by atoms with Gasteiger partial charge in [-0.3, -0.25) is 14.6 Å². The Labute approximate surface area is 126 Å². The van der Waals surface area contributed by atoms with Crippen LogP contribution in [0.3, 0.4) is 0 Å². The molecule has 0 spiro atoms. The molecule has 1 aromatic heterocycles. The van der Waals surface area contributed by atoms with Crippen molar-refractivity contribution in [3.05, 3.63) is 52.7 Å². The Morgan fingerprint density at radius 2 is 2.14 bits per heavy atom. The van der Waals surface area contributed by atoms with E-state index in [0.29, 0.717) is 25.3 Å². The number of aromatic nitrogens is 2. The van der Waals surface area contributed by atoms with Gasteiger partial charge in [-0.05, 0) is 12.1 Å². The number of para-hydroxylation sites is 2. The van der Waals surface area contributed by atoms with E-state index in [9.17, 15) is 9.59 Å². The van der Waals surface area contributed by atoms with Crippen LogP contribution in [0.5, 0.6) is 11.5 Å². The Morgan fingerprint density at radius 3 is 2.95 bits per heavy atom. The Kier molecular flexibility index (Phi) is 4.04. The molecule has 0 unspecified atom stereocenters. The van der Waals surface area contributed by atoms with Gasteiger partial charge in [0.15, 0.2) is 11.5 Å². The largest absolute Gasteiger partial charge is 0.486 e. The molecule has 2 aromatic rings. The molecule has 0 fully saturated rings. The van der Waals surface area contributed by atoms with Crippen molar-refractivity contribution >= 4 is 5.91 Å². The van der Waals surface area contributed by atoms with Crippen molar-refractivity contribution in [3.63, 3.8) is 0 Å². The zero-order valence-corrected chi connectivity index (χ0v) is 11.7. The van der Waals surface area contributed by atoms with Crippen LogP contribution in [0.4, 0.5) is 0 Å². The number of benzene rings is 1. The second-order valence-corrected chi connectivity index (χ2v) is 4.85. The molecule has 0 aliphatic carbocycles. The minimum Gasteiger partial charge on any atom is -0.486 e. The number of carbonyl (C=O) groups excluding carboxylic acids is 1. The number of ether oxygens (including phenoxy) is 2. The van der Waals surface area contributed by atoms with E-state index in [-0.39, 0.29) is 17.7 Å². The summed E-state index contributed by atoms with van der Waals surface area (Å²) in [6.45, 7) is 0.850. The average Bonchev–Trinajstić information content (AvgIpc) is 2.54. The first-order valence-electron chi connectivity index (χ1n) is 6.93. The van der Waals surface area contributed by atoms with Crippen molar-refractivity contribution in [1.29, 1.82) is 0 Å². The van der Waals surface area contributed by atoms with Gasteiger partial charge in [0, 0.05) is 13.0 Å². The van der Waals surface area contributed by atoms with Crippen molar-refractivity contribution in [2.75, 3.05) is 13.2 Å². The van der Waals surface area contributed by atoms with E-state index >= 15 is 0 Å². The maximum absolute atomic E-state index is 11.8. The Balaban J connectivity index is 1.50. The number of nitrogens with zero attached hydrogens (tertiary/aromatic N) is 1. The van der Waals surface area contributed by atoms with Crippen molar-refractivity contribution in [3.8, 4) is 11.5 Å². The molecule has 1 aromatic carbocycles. The fourth-order valence-corrected chi connectivity index (χ4v) is 2.14. The van der Waals surface area contributed by atoms with E-state index in [1.807, 2.05) is 24.3 Å². The molecular weight excluding hydrogens is 286 g/mol. The van der Waals surface area contributed by atoms with Gasteiger partial charge in [0.05, 0.1) is 12.4 Å². The Hall–Kier alpha value is -2.83. The molecule has 2 N–H and O–H groups in total. The molecule has 114 valence electrons. The third kappa shape index (κ3) is 3.25. The zero-order chi connectivity index (χ0) is 15.4. The van der Waals surface area contributed by atoms with Crippen LogP contribution in [-0.4, -0.2) is 35.1 Å². The smallest absolute Gasteiger partial charge is 0.269 e. The van der Waals surface area contributed by atoms with Gasteiger partial charge in [0.1, 0.15) is 18.4 Å². The molecular formula is C15H15N3O4. The number of fused-ring (bicyclic) bond motifs is 1. The van der Waals surface area contributed by atoms with Crippen molar-refractivity contribution < 1.29 is 14.3 Å². The van der Waals surface area contributed by atoms with Crippen LogP contribution in [-0.2, 0) is 0 Å². The molecule has 0 saturated carbocycles. The van der Waals surface area contributed by atoms with Gasteiger partial charge >= 0.3 is 0 Å². The van der Waals surface area contributed by atoms with Crippen LogP contribution in [0.25, 0.3) is 0 Å². The van der Waals surface area contributed by atoms with Gasteiger partial charge in [-0.25, -0.2) is 0 Å². The van der Waals surface area contributed by atoms with Crippen LogP contribution in [0.1, 0.15) is 16.9 Å². The summed E-state index contributed by atoms with van der Waals surface area (Å²) < 4.78 is 11.4. The van der Waals surface area contributed by atoms with E-state index in [1.165, 1.54) is 6.20 Å². The van der Waals surface area contributed by atoms with Crippen molar-refractivity contribution in [2.24, 2.45) is 0 Å². The highest BCUT2D eigenvalue weighted by Crippen LogP contribution is 2.31. The quantitative estimate of drug-likeness (QED) is 0.868. The minimum atomic E-state index is -0.409. The number of aromatic amines is 1. The van der Waals surface area contributed by atoms with E-state index < -0.39 is 5.56 Å². The first kappa shape index (κ1) is 14.1. The van der Waals surface area contributed by atoms with Crippen LogP contribution in [0.15, 0.2) is 41.5 Å². The third-order valence-corrected chi connectivity index (χ3v) is 3.22. The molecule has 3 rings (SSSR count). The number of hydrogen-bond donors (Lipinski definition) is 2. The van der Waals surface area contributed by atoms with Gasteiger partial charge in [0.2, 0.25) is 0 Å². The monoisotopic (exact) mass is 301 g/mol. The molecule has 1 amide bonds. The minimum absolute atomic E-state index is 0.122. The Morgan fingerprint density at radius 1 is 1.32 bits per heavy atom. The highest BCUT2D eigenvalue weighted by molar-refractivity contribution is 5.91. The molecule has 7 nitrogen and oxygen atoms in total. The number of carbonyl (C=O) groups is 1. The number of amides is 1. The van der Waals surface area contributed by atoms with E-state index in [1.54, 1.807) is 0 Å². The second kappa shape index (κ2) is 6.30. The van der Waals surface area contributed by atoms with Gasteiger partial charge < -0.3 is 19.8 Å². The van der Waals surface area contributed by atoms with Gasteiger partial charge in [-0.1, -0.05) is 12.1 Å². The molecule has 0 saturated heterocycles. The predicted octanol–water partition coefficient (Wildman–Crippen LogP) is 0.730. The summed E-state index contributed by atoms with van der Waals surface area (Å²) in [5.41, 5.74) is -0.271. The fourth-order valence-electron chi connectivity index (χ4n) is 2.14. The van der Waals surface area contributed by atoms with Gasteiger partial charge in [-0.2, -0.15) is 0 Å². The molecule has 7 heteroatoms. The third-order valence-electron chi connectivity index (χ3n) is 3.22. The maximum Gasteiger partial charge on any atom is 0.269 e. The SMILES string of the molecule is O=C(NCC[C@H]1COc2ccccc2O1)c1cncc(=O)[nH]1. The predicted molar refractivity (Wildman–Crippen MR) is 78.2 cm³/mol. The lowest BCUT2D eigenvalue weighted by Gasteiger charge is -2.26. The Bertz CT molecular complexity index is 728. The summed E-state index contributed by atoms with van der Waals surface area (Å²) in [6, 6.07) is 7.47. The summed E-state index contributed by atoms with van der Waals surface area (Å²) in [4.78, 5) is 29.0. The lowest BCUT2D eigenvalue weighted by molar-refractivity contribution is 0.0811. The molecule has 22 heavy (non-hydrogen) atoms. The molecule has 2 heterocycles. The number of H-pyrrole nitrogens is 1. The second-order valence-electron chi connectivity index (χ2n) is 4.85. The lowest BCUT2D eigenvalue weighted by Crippen LogP contribution is -2.34. The van der Waals surface area contributed by atoms with Crippen LogP contribution >= 0.6 is 0 Å². The van der Waals surface area contributed by atoms with E-state index in [4.69, 9.17) is 9.47 Å². The standard InChI is InChI=1S/C15H15N3O4/c19-14-8-16-7-11(18-14)15(20)17-6-5-10-9-21-12-3-1-2-4-13(12)22-10/h1-4,7-8,10H,5-6,9H2,(H,17,20)(H,18,19)/t10-/m0/s1. The average molecular weight is 301 g/mol. The van der Waals surface area contributed by atoms with Gasteiger partial charge in [-0.15, -0.1) is 0 Å². The highest BCUT2D eigenvalue weighted by Gasteiger charge is 2.20. The zero-order valence-electron chi connectivity index (χ0n) is 11.7. The van der Waals surface area contributed by atoms with Crippen LogP contribution in [0.2, 0.25) is 0 Å². The molecule has 0 radical (unpaired) electrons. The summed E-state index contributed by atoms with van der Waals surface area (Å²) in [7, 11) is 0. The van der Waals surface area contributed by atoms with E-state index in [0.717, 1.165) is 11.9 Å². The summed E-state index contributed by atoms with van der Waals surface area (Å²) in [6.07, 6.45) is 2.90. The first-order valence-corrected chi connectivity index (χ1v) is 6.93. The molecule has 1 aliphatic rings. The fraction of sp³-hybridized carbons (Fsp3) is 0.267. The number of hydrogen-bond acceptors (Lipinski definition) is 5. The number of rotatable bonds is 4. The molecule has 1 aliphatic heterocycles. The van der Waals surface area contributed by atoms with Crippen LogP contribution in [0, 0.1) is 0 Å². The summed E-state index contributed by atoms with van der Waals surface area (Å²) in [5.74, 6) is 1.07. The van der Waals surface area contributed by atoms with E-state index in [2.05, 4.69) is 15.3 Å². The van der Waals surface area contributed by atoms with Crippen molar-refractivity contribution in [2.45, 2.75) is 12.5 Å². The van der Waals surface area contributed by atoms with Crippen molar-refractivity contribution in [1.82, 2.24) is 15.3 Å². The lowest BCUT2D eigenvalue weighted by atomic mass is 10.2. The molecule has 0 bridgehead atoms. The summed E-state index contributed by atoms with van der Waals surface area (Å²) >= 11 is 0. The summed E-state index contributed by atoms with van der Waals surface area (Å²) in [5, 5.41) is 2.71. The number of nitrogens with one attached hydrogen (secondary N) is 2.